The van der Waals surface area contributed by atoms with Crippen molar-refractivity contribution in [3.63, 3.8) is 0 Å². The maximum Gasteiger partial charge on any atom is 0.177 e. The van der Waals surface area contributed by atoms with Gasteiger partial charge < -0.3 is 0 Å². The molecule has 1 N–H and O–H groups in total. The fraction of sp³-hybridized carbons (Fsp3) is 0.750. The number of hydrazone groups is 1. The zero-order chi connectivity index (χ0) is 13.6. The van der Waals surface area contributed by atoms with Crippen LogP contribution in [0.3, 0.4) is 0 Å². The summed E-state index contributed by atoms with van der Waals surface area (Å²) in [5, 5.41) is 5.69. The standard InChI is InChI=1S/C16H23N3S/c1-2-3-17-15-19-18-14(10-20-15)16-7-11-4-12(8-16)6-13(5-11)9-16/h2,11-13H,1,3-10H2,(H,17,19). The van der Waals surface area contributed by atoms with Gasteiger partial charge in [-0.25, -0.2) is 0 Å². The molecule has 5 aliphatic rings. The summed E-state index contributed by atoms with van der Waals surface area (Å²) >= 11 is 1.82. The van der Waals surface area contributed by atoms with E-state index in [1.807, 2.05) is 17.8 Å². The first-order valence-corrected chi connectivity index (χ1v) is 8.87. The molecule has 1 heterocycles. The van der Waals surface area contributed by atoms with E-state index in [0.717, 1.165) is 28.7 Å². The number of aliphatic imine (C=N–C) groups is 1. The molecule has 108 valence electrons. The normalized spacial score (nSPS) is 44.3. The lowest BCUT2D eigenvalue weighted by atomic mass is 9.48. The smallest absolute Gasteiger partial charge is 0.177 e. The predicted molar refractivity (Wildman–Crippen MR) is 86.1 cm³/mol. The second-order valence-corrected chi connectivity index (χ2v) is 8.06. The first-order valence-electron chi connectivity index (χ1n) is 7.88. The molecule has 4 aliphatic carbocycles. The van der Waals surface area contributed by atoms with Crippen LogP contribution in [-0.2, 0) is 0 Å². The number of rotatable bonds is 3. The van der Waals surface area contributed by atoms with Crippen LogP contribution < -0.4 is 5.43 Å². The van der Waals surface area contributed by atoms with E-state index in [-0.39, 0.29) is 0 Å². The van der Waals surface area contributed by atoms with Crippen LogP contribution >= 0.6 is 11.8 Å². The second-order valence-electron chi connectivity index (χ2n) is 7.09. The van der Waals surface area contributed by atoms with Crippen molar-refractivity contribution in [1.29, 1.82) is 0 Å². The third-order valence-corrected chi connectivity index (χ3v) is 6.56. The highest BCUT2D eigenvalue weighted by Crippen LogP contribution is 2.60. The van der Waals surface area contributed by atoms with Crippen LogP contribution in [0.25, 0.3) is 0 Å². The lowest BCUT2D eigenvalue weighted by Gasteiger charge is -2.57. The Labute approximate surface area is 125 Å². The fourth-order valence-corrected chi connectivity index (χ4v) is 6.20. The fourth-order valence-electron chi connectivity index (χ4n) is 5.28. The quantitative estimate of drug-likeness (QED) is 0.808. The summed E-state index contributed by atoms with van der Waals surface area (Å²) in [6, 6.07) is 0. The van der Waals surface area contributed by atoms with E-state index in [1.165, 1.54) is 44.2 Å². The molecule has 0 aromatic heterocycles. The van der Waals surface area contributed by atoms with Crippen molar-refractivity contribution >= 4 is 22.6 Å². The zero-order valence-corrected chi connectivity index (χ0v) is 12.8. The van der Waals surface area contributed by atoms with Crippen LogP contribution in [0, 0.1) is 23.2 Å². The van der Waals surface area contributed by atoms with Gasteiger partial charge in [-0.05, 0) is 56.3 Å². The van der Waals surface area contributed by atoms with E-state index >= 15 is 0 Å². The molecule has 0 spiro atoms. The monoisotopic (exact) mass is 289 g/mol. The Hall–Kier alpha value is -0.770. The minimum absolute atomic E-state index is 0.443. The third kappa shape index (κ3) is 2.12. The van der Waals surface area contributed by atoms with Gasteiger partial charge in [0.2, 0.25) is 0 Å². The molecule has 3 nitrogen and oxygen atoms in total. The van der Waals surface area contributed by atoms with Crippen LogP contribution in [0.2, 0.25) is 0 Å². The van der Waals surface area contributed by atoms with E-state index in [0.29, 0.717) is 12.0 Å². The van der Waals surface area contributed by atoms with E-state index in [2.05, 4.69) is 17.0 Å². The van der Waals surface area contributed by atoms with Gasteiger partial charge in [0.15, 0.2) is 5.17 Å². The Morgan fingerprint density at radius 1 is 1.25 bits per heavy atom. The Balaban J connectivity index is 1.53. The van der Waals surface area contributed by atoms with Gasteiger partial charge in [-0.2, -0.15) is 5.10 Å². The van der Waals surface area contributed by atoms with Gasteiger partial charge in [0, 0.05) is 11.2 Å². The first kappa shape index (κ1) is 12.9. The topological polar surface area (TPSA) is 36.8 Å². The van der Waals surface area contributed by atoms with Crippen molar-refractivity contribution in [2.45, 2.75) is 38.5 Å². The largest absolute Gasteiger partial charge is 0.257 e. The summed E-state index contributed by atoms with van der Waals surface area (Å²) in [5.74, 6) is 4.01. The summed E-state index contributed by atoms with van der Waals surface area (Å²) in [4.78, 5) is 4.43. The second kappa shape index (κ2) is 4.90. The number of hydrogen-bond donors (Lipinski definition) is 1. The molecule has 20 heavy (non-hydrogen) atoms. The lowest BCUT2D eigenvalue weighted by molar-refractivity contribution is -0.0126. The van der Waals surface area contributed by atoms with Gasteiger partial charge in [-0.3, -0.25) is 10.4 Å². The molecule has 0 saturated heterocycles. The highest BCUT2D eigenvalue weighted by molar-refractivity contribution is 8.14. The van der Waals surface area contributed by atoms with Crippen molar-refractivity contribution < 1.29 is 0 Å². The summed E-state index contributed by atoms with van der Waals surface area (Å²) in [6.45, 7) is 4.39. The number of nitrogens with one attached hydrogen (secondary N) is 1. The Kier molecular flexibility index (Phi) is 3.17. The average Bonchev–Trinajstić information content (AvgIpc) is 2.44. The molecule has 0 radical (unpaired) electrons. The van der Waals surface area contributed by atoms with Gasteiger partial charge in [-0.1, -0.05) is 17.8 Å². The third-order valence-electron chi connectivity index (χ3n) is 5.65. The van der Waals surface area contributed by atoms with Crippen LogP contribution in [0.1, 0.15) is 38.5 Å². The van der Waals surface area contributed by atoms with Gasteiger partial charge in [0.25, 0.3) is 0 Å². The maximum atomic E-state index is 4.73. The number of amidine groups is 1. The van der Waals surface area contributed by atoms with Gasteiger partial charge in [-0.15, -0.1) is 6.58 Å². The molecule has 4 bridgehead atoms. The SMILES string of the molecule is C=CCN=C1NN=C(C23CC4CC(CC(C4)C2)C3)CS1. The number of nitrogens with zero attached hydrogens (tertiary/aromatic N) is 2. The van der Waals surface area contributed by atoms with Crippen molar-refractivity contribution in [3.05, 3.63) is 12.7 Å². The van der Waals surface area contributed by atoms with Gasteiger partial charge in [0.1, 0.15) is 0 Å². The highest BCUT2D eigenvalue weighted by Gasteiger charge is 2.53. The lowest BCUT2D eigenvalue weighted by Crippen LogP contribution is -2.51. The molecular formula is C16H23N3S. The molecule has 5 rings (SSSR count). The Bertz CT molecular complexity index is 445. The Morgan fingerprint density at radius 3 is 2.40 bits per heavy atom. The molecule has 0 amide bonds. The molecule has 0 aromatic carbocycles. The van der Waals surface area contributed by atoms with Crippen molar-refractivity contribution in [2.75, 3.05) is 12.3 Å². The summed E-state index contributed by atoms with van der Waals surface area (Å²) in [7, 11) is 0. The average molecular weight is 289 g/mol. The minimum atomic E-state index is 0.443. The molecule has 0 unspecified atom stereocenters. The van der Waals surface area contributed by atoms with Crippen LogP contribution in [0.4, 0.5) is 0 Å². The molecular weight excluding hydrogens is 266 g/mol. The Morgan fingerprint density at radius 2 is 1.90 bits per heavy atom. The highest BCUT2D eigenvalue weighted by atomic mass is 32.2. The zero-order valence-electron chi connectivity index (χ0n) is 12.0. The van der Waals surface area contributed by atoms with Crippen LogP contribution in [0.5, 0.6) is 0 Å². The van der Waals surface area contributed by atoms with Gasteiger partial charge in [0.05, 0.1) is 12.3 Å². The minimum Gasteiger partial charge on any atom is -0.257 e. The van der Waals surface area contributed by atoms with Crippen molar-refractivity contribution in [3.8, 4) is 0 Å². The van der Waals surface area contributed by atoms with E-state index < -0.39 is 0 Å². The van der Waals surface area contributed by atoms with Crippen molar-refractivity contribution in [1.82, 2.24) is 5.43 Å². The van der Waals surface area contributed by atoms with Crippen molar-refractivity contribution in [2.24, 2.45) is 33.3 Å². The molecule has 4 fully saturated rings. The molecule has 1 aliphatic heterocycles. The molecule has 0 aromatic rings. The van der Waals surface area contributed by atoms with E-state index in [4.69, 9.17) is 5.10 Å². The van der Waals surface area contributed by atoms with Crippen LogP contribution in [0.15, 0.2) is 22.7 Å². The number of thioether (sulfide) groups is 1. The first-order chi connectivity index (χ1) is 9.77. The van der Waals surface area contributed by atoms with Gasteiger partial charge >= 0.3 is 0 Å². The molecule has 4 saturated carbocycles. The predicted octanol–water partition coefficient (Wildman–Crippen LogP) is 3.44. The summed E-state index contributed by atoms with van der Waals surface area (Å²) in [5.41, 5.74) is 5.06. The molecule has 0 atom stereocenters. The summed E-state index contributed by atoms with van der Waals surface area (Å²) in [6.07, 6.45) is 10.5. The number of hydrogen-bond acceptors (Lipinski definition) is 3. The maximum absolute atomic E-state index is 4.73. The summed E-state index contributed by atoms with van der Waals surface area (Å²) < 4.78 is 0. The van der Waals surface area contributed by atoms with E-state index in [9.17, 15) is 0 Å². The van der Waals surface area contributed by atoms with E-state index in [1.54, 1.807) is 0 Å². The molecule has 4 heteroatoms. The van der Waals surface area contributed by atoms with Crippen LogP contribution in [-0.4, -0.2) is 23.2 Å².